The third-order valence-electron chi connectivity index (χ3n) is 4.20. The average Bonchev–Trinajstić information content (AvgIpc) is 2.69. The quantitative estimate of drug-likeness (QED) is 0.493. The zero-order valence-corrected chi connectivity index (χ0v) is 16.3. The predicted octanol–water partition coefficient (Wildman–Crippen LogP) is 4.33. The summed E-state index contributed by atoms with van der Waals surface area (Å²) in [6.07, 6.45) is 1.93. The van der Waals surface area contributed by atoms with Gasteiger partial charge < -0.3 is 9.47 Å². The van der Waals surface area contributed by atoms with Gasteiger partial charge in [-0.1, -0.05) is 42.5 Å². The van der Waals surface area contributed by atoms with E-state index in [0.717, 1.165) is 33.4 Å². The van der Waals surface area contributed by atoms with Gasteiger partial charge in [-0.25, -0.2) is 5.43 Å². The summed E-state index contributed by atoms with van der Waals surface area (Å²) in [5.41, 5.74) is 4.33. The Bertz CT molecular complexity index is 979. The van der Waals surface area contributed by atoms with Crippen LogP contribution in [0.25, 0.3) is 10.8 Å². The number of hydrogen-bond donors (Lipinski definition) is 1. The number of ether oxygens (including phenoxy) is 2. The molecule has 0 heterocycles. The molecule has 0 aromatic heterocycles. The Hall–Kier alpha value is -3.34. The second kappa shape index (κ2) is 9.04. The fourth-order valence-electron chi connectivity index (χ4n) is 2.90. The van der Waals surface area contributed by atoms with Gasteiger partial charge in [0.25, 0.3) is 0 Å². The topological polar surface area (TPSA) is 59.9 Å². The van der Waals surface area contributed by atoms with Crippen molar-refractivity contribution in [3.8, 4) is 11.5 Å². The molecular formula is C23H24N2O3. The Kier molecular flexibility index (Phi) is 6.27. The number of hydrogen-bond acceptors (Lipinski definition) is 4. The number of amides is 1. The molecule has 144 valence electrons. The Morgan fingerprint density at radius 1 is 1.07 bits per heavy atom. The van der Waals surface area contributed by atoms with E-state index in [0.29, 0.717) is 0 Å². The Labute approximate surface area is 165 Å². The number of nitrogens with zero attached hydrogens (tertiary/aromatic N) is 1. The third-order valence-corrected chi connectivity index (χ3v) is 4.20. The third kappa shape index (κ3) is 4.88. The van der Waals surface area contributed by atoms with Crippen molar-refractivity contribution in [3.63, 3.8) is 0 Å². The number of carbonyl (C=O) groups excluding carboxylic acids is 1. The number of rotatable bonds is 7. The van der Waals surface area contributed by atoms with Gasteiger partial charge in [0, 0.05) is 5.56 Å². The van der Waals surface area contributed by atoms with Crippen LogP contribution in [0.4, 0.5) is 0 Å². The smallest absolute Gasteiger partial charge is 0.244 e. The van der Waals surface area contributed by atoms with Crippen molar-refractivity contribution in [2.75, 3.05) is 7.11 Å². The fourth-order valence-corrected chi connectivity index (χ4v) is 2.90. The van der Waals surface area contributed by atoms with E-state index < -0.39 is 0 Å². The van der Waals surface area contributed by atoms with Crippen LogP contribution in [0.15, 0.2) is 65.8 Å². The molecule has 0 saturated heterocycles. The normalized spacial score (nSPS) is 11.1. The van der Waals surface area contributed by atoms with E-state index in [9.17, 15) is 4.79 Å². The maximum Gasteiger partial charge on any atom is 0.244 e. The minimum Gasteiger partial charge on any atom is -0.497 e. The second-order valence-electron chi connectivity index (χ2n) is 6.68. The Morgan fingerprint density at radius 2 is 1.82 bits per heavy atom. The highest BCUT2D eigenvalue weighted by Gasteiger charge is 2.09. The van der Waals surface area contributed by atoms with Crippen LogP contribution < -0.4 is 14.9 Å². The minimum atomic E-state index is -0.187. The number of carbonyl (C=O) groups is 1. The minimum absolute atomic E-state index is 0.0398. The molecule has 0 aliphatic carbocycles. The monoisotopic (exact) mass is 376 g/mol. The molecule has 5 heteroatoms. The first kappa shape index (κ1) is 19.4. The highest BCUT2D eigenvalue weighted by molar-refractivity contribution is 6.02. The van der Waals surface area contributed by atoms with Gasteiger partial charge in [0.15, 0.2) is 0 Å². The van der Waals surface area contributed by atoms with Crippen LogP contribution in [0.5, 0.6) is 11.5 Å². The lowest BCUT2D eigenvalue weighted by molar-refractivity contribution is -0.120. The van der Waals surface area contributed by atoms with Crippen molar-refractivity contribution in [1.29, 1.82) is 0 Å². The number of fused-ring (bicyclic) bond motifs is 1. The number of hydrazone groups is 1. The summed E-state index contributed by atoms with van der Waals surface area (Å²) in [5.74, 6) is 1.31. The summed E-state index contributed by atoms with van der Waals surface area (Å²) in [6, 6.07) is 19.4. The van der Waals surface area contributed by atoms with Crippen LogP contribution in [0.3, 0.4) is 0 Å². The average molecular weight is 376 g/mol. The zero-order valence-electron chi connectivity index (χ0n) is 16.3. The van der Waals surface area contributed by atoms with Gasteiger partial charge >= 0.3 is 0 Å². The molecule has 0 saturated carbocycles. The molecule has 1 N–H and O–H groups in total. The zero-order chi connectivity index (χ0) is 19.9. The van der Waals surface area contributed by atoms with Crippen LogP contribution in [0.2, 0.25) is 0 Å². The van der Waals surface area contributed by atoms with Gasteiger partial charge in [0.05, 0.1) is 25.8 Å². The molecule has 3 aromatic carbocycles. The highest BCUT2D eigenvalue weighted by Crippen LogP contribution is 2.27. The van der Waals surface area contributed by atoms with E-state index in [2.05, 4.69) is 10.5 Å². The molecule has 0 aliphatic heterocycles. The van der Waals surface area contributed by atoms with Crippen molar-refractivity contribution in [1.82, 2.24) is 5.43 Å². The molecule has 0 atom stereocenters. The molecular weight excluding hydrogens is 352 g/mol. The first-order chi connectivity index (χ1) is 13.6. The van der Waals surface area contributed by atoms with E-state index in [1.54, 1.807) is 13.3 Å². The van der Waals surface area contributed by atoms with Gasteiger partial charge in [-0.3, -0.25) is 4.79 Å². The molecule has 3 aromatic rings. The lowest BCUT2D eigenvalue weighted by atomic mass is 10.0. The molecule has 0 spiro atoms. The summed E-state index contributed by atoms with van der Waals surface area (Å²) >= 11 is 0. The predicted molar refractivity (Wildman–Crippen MR) is 112 cm³/mol. The van der Waals surface area contributed by atoms with Crippen LogP contribution in [0.1, 0.15) is 25.0 Å². The summed E-state index contributed by atoms with van der Waals surface area (Å²) in [5, 5.41) is 6.27. The van der Waals surface area contributed by atoms with Gasteiger partial charge in [0.2, 0.25) is 5.91 Å². The van der Waals surface area contributed by atoms with E-state index >= 15 is 0 Å². The molecule has 3 rings (SSSR count). The number of methoxy groups -OCH3 is 1. The fraction of sp³-hybridized carbons (Fsp3) is 0.217. The lowest BCUT2D eigenvalue weighted by Gasteiger charge is -2.14. The maximum atomic E-state index is 12.2. The first-order valence-electron chi connectivity index (χ1n) is 9.20. The molecule has 5 nitrogen and oxygen atoms in total. The van der Waals surface area contributed by atoms with Gasteiger partial charge in [-0.05, 0) is 48.4 Å². The van der Waals surface area contributed by atoms with Gasteiger partial charge in [-0.15, -0.1) is 0 Å². The van der Waals surface area contributed by atoms with Crippen LogP contribution in [0, 0.1) is 0 Å². The highest BCUT2D eigenvalue weighted by atomic mass is 16.5. The number of nitrogens with one attached hydrogen (secondary N) is 1. The van der Waals surface area contributed by atoms with E-state index in [4.69, 9.17) is 9.47 Å². The molecule has 0 radical (unpaired) electrons. The van der Waals surface area contributed by atoms with Gasteiger partial charge in [0.1, 0.15) is 11.5 Å². The van der Waals surface area contributed by atoms with Crippen molar-refractivity contribution < 1.29 is 14.3 Å². The summed E-state index contributed by atoms with van der Waals surface area (Å²) in [4.78, 5) is 12.2. The summed E-state index contributed by atoms with van der Waals surface area (Å²) in [6.45, 7) is 3.96. The van der Waals surface area contributed by atoms with Crippen molar-refractivity contribution in [2.24, 2.45) is 5.10 Å². The summed E-state index contributed by atoms with van der Waals surface area (Å²) in [7, 11) is 1.61. The molecule has 0 bridgehead atoms. The van der Waals surface area contributed by atoms with E-state index in [1.165, 1.54) is 0 Å². The molecule has 28 heavy (non-hydrogen) atoms. The van der Waals surface area contributed by atoms with Crippen LogP contribution in [-0.4, -0.2) is 25.3 Å². The Balaban J connectivity index is 1.75. The van der Waals surface area contributed by atoms with E-state index in [1.807, 2.05) is 74.5 Å². The molecule has 0 aliphatic rings. The second-order valence-corrected chi connectivity index (χ2v) is 6.68. The first-order valence-corrected chi connectivity index (χ1v) is 9.20. The molecule has 0 unspecified atom stereocenters. The largest absolute Gasteiger partial charge is 0.497 e. The maximum absolute atomic E-state index is 12.2. The van der Waals surface area contributed by atoms with Crippen LogP contribution in [-0.2, 0) is 11.2 Å². The lowest BCUT2D eigenvalue weighted by Crippen LogP contribution is -2.19. The van der Waals surface area contributed by atoms with Crippen molar-refractivity contribution >= 4 is 22.9 Å². The SMILES string of the molecule is COc1ccc(CC(=O)N/N=C\c2c(OC(C)C)ccc3ccccc23)cc1. The molecule has 0 fully saturated rings. The molecule has 1 amide bonds. The summed E-state index contributed by atoms with van der Waals surface area (Å²) < 4.78 is 11.0. The number of benzene rings is 3. The van der Waals surface area contributed by atoms with Crippen molar-refractivity contribution in [3.05, 3.63) is 71.8 Å². The Morgan fingerprint density at radius 3 is 2.54 bits per heavy atom. The van der Waals surface area contributed by atoms with Crippen LogP contribution >= 0.6 is 0 Å². The van der Waals surface area contributed by atoms with E-state index in [-0.39, 0.29) is 18.4 Å². The standard InChI is InChI=1S/C23H24N2O3/c1-16(2)28-22-13-10-18-6-4-5-7-20(18)21(22)15-24-25-23(26)14-17-8-11-19(27-3)12-9-17/h4-13,15-16H,14H2,1-3H3,(H,25,26)/b24-15-. The van der Waals surface area contributed by atoms with Crippen molar-refractivity contribution in [2.45, 2.75) is 26.4 Å². The van der Waals surface area contributed by atoms with Gasteiger partial charge in [-0.2, -0.15) is 5.10 Å².